The molecule has 5 nitrogen and oxygen atoms in total. The minimum Gasteiger partial charge on any atom is -0.464 e. The second-order valence-corrected chi connectivity index (χ2v) is 5.33. The van der Waals surface area contributed by atoms with Crippen LogP contribution < -0.4 is 11.1 Å². The van der Waals surface area contributed by atoms with E-state index in [0.717, 1.165) is 12.8 Å². The first-order valence-corrected chi connectivity index (χ1v) is 7.27. The van der Waals surface area contributed by atoms with Gasteiger partial charge in [0.2, 0.25) is 0 Å². The van der Waals surface area contributed by atoms with Crippen LogP contribution in [-0.2, 0) is 4.74 Å². The molecule has 0 bridgehead atoms. The summed E-state index contributed by atoms with van der Waals surface area (Å²) in [5.74, 6) is 0.800. The standard InChI is InChI=1S/C15H23N3O2/c1-3-10-6-4-5-7-12(10)17-14-11(16)8-9-13(18-14)15(19)20-2/h8-10,12H,3-7,16H2,1-2H3,(H,17,18). The predicted octanol–water partition coefficient (Wildman–Crippen LogP) is 2.83. The van der Waals surface area contributed by atoms with Crippen LogP contribution in [0.1, 0.15) is 49.5 Å². The summed E-state index contributed by atoms with van der Waals surface area (Å²) in [4.78, 5) is 15.8. The van der Waals surface area contributed by atoms with Crippen LogP contribution in [0.25, 0.3) is 0 Å². The molecule has 1 aromatic heterocycles. The van der Waals surface area contributed by atoms with Crippen LogP contribution in [0, 0.1) is 5.92 Å². The molecule has 1 aliphatic carbocycles. The van der Waals surface area contributed by atoms with Gasteiger partial charge in [0.15, 0.2) is 5.69 Å². The molecule has 2 unspecified atom stereocenters. The molecule has 0 spiro atoms. The molecule has 0 aromatic carbocycles. The zero-order chi connectivity index (χ0) is 14.5. The van der Waals surface area contributed by atoms with Crippen molar-refractivity contribution in [2.24, 2.45) is 5.92 Å². The number of nitrogens with two attached hydrogens (primary N) is 1. The lowest BCUT2D eigenvalue weighted by atomic mass is 9.83. The lowest BCUT2D eigenvalue weighted by molar-refractivity contribution is 0.0594. The lowest BCUT2D eigenvalue weighted by Crippen LogP contribution is -2.32. The van der Waals surface area contributed by atoms with Gasteiger partial charge in [-0.3, -0.25) is 0 Å². The molecule has 3 N–H and O–H groups in total. The fraction of sp³-hybridized carbons (Fsp3) is 0.600. The first-order chi connectivity index (χ1) is 9.65. The van der Waals surface area contributed by atoms with Crippen molar-refractivity contribution in [2.75, 3.05) is 18.2 Å². The molecule has 1 saturated carbocycles. The third kappa shape index (κ3) is 3.21. The minimum absolute atomic E-state index is 0.285. The maximum atomic E-state index is 11.5. The van der Waals surface area contributed by atoms with Crippen LogP contribution >= 0.6 is 0 Å². The average molecular weight is 277 g/mol. The van der Waals surface area contributed by atoms with E-state index in [2.05, 4.69) is 17.2 Å². The number of nitrogen functional groups attached to an aromatic ring is 1. The van der Waals surface area contributed by atoms with E-state index >= 15 is 0 Å². The summed E-state index contributed by atoms with van der Waals surface area (Å²) in [6.45, 7) is 2.21. The maximum Gasteiger partial charge on any atom is 0.356 e. The van der Waals surface area contributed by atoms with Crippen molar-refractivity contribution in [3.63, 3.8) is 0 Å². The van der Waals surface area contributed by atoms with Crippen LogP contribution in [0.5, 0.6) is 0 Å². The SMILES string of the molecule is CCC1CCCCC1Nc1nc(C(=O)OC)ccc1N. The van der Waals surface area contributed by atoms with Crippen molar-refractivity contribution < 1.29 is 9.53 Å². The van der Waals surface area contributed by atoms with E-state index in [1.54, 1.807) is 12.1 Å². The van der Waals surface area contributed by atoms with Gasteiger partial charge in [-0.25, -0.2) is 9.78 Å². The van der Waals surface area contributed by atoms with Gasteiger partial charge in [-0.15, -0.1) is 0 Å². The van der Waals surface area contributed by atoms with Crippen molar-refractivity contribution >= 4 is 17.5 Å². The van der Waals surface area contributed by atoms with Crippen molar-refractivity contribution in [1.82, 2.24) is 4.98 Å². The number of nitrogens with zero attached hydrogens (tertiary/aromatic N) is 1. The fourth-order valence-corrected chi connectivity index (χ4v) is 2.87. The number of carbonyl (C=O) groups excluding carboxylic acids is 1. The highest BCUT2D eigenvalue weighted by Crippen LogP contribution is 2.30. The molecule has 1 aromatic rings. The molecule has 20 heavy (non-hydrogen) atoms. The second-order valence-electron chi connectivity index (χ2n) is 5.33. The van der Waals surface area contributed by atoms with Gasteiger partial charge < -0.3 is 15.8 Å². The van der Waals surface area contributed by atoms with Crippen LogP contribution in [0.2, 0.25) is 0 Å². The summed E-state index contributed by atoms with van der Waals surface area (Å²) in [5, 5.41) is 3.43. The van der Waals surface area contributed by atoms with Crippen molar-refractivity contribution in [3.05, 3.63) is 17.8 Å². The Morgan fingerprint density at radius 3 is 2.90 bits per heavy atom. The van der Waals surface area contributed by atoms with Gasteiger partial charge in [-0.05, 0) is 30.9 Å². The number of esters is 1. The molecule has 1 aliphatic rings. The molecule has 1 heterocycles. The van der Waals surface area contributed by atoms with E-state index in [4.69, 9.17) is 10.5 Å². The predicted molar refractivity (Wildman–Crippen MR) is 79.6 cm³/mol. The van der Waals surface area contributed by atoms with Crippen molar-refractivity contribution in [2.45, 2.75) is 45.1 Å². The van der Waals surface area contributed by atoms with E-state index < -0.39 is 5.97 Å². The van der Waals surface area contributed by atoms with Crippen LogP contribution in [-0.4, -0.2) is 24.1 Å². The van der Waals surface area contributed by atoms with E-state index in [9.17, 15) is 4.79 Å². The summed E-state index contributed by atoms with van der Waals surface area (Å²) in [6.07, 6.45) is 6.04. The quantitative estimate of drug-likeness (QED) is 0.827. The highest BCUT2D eigenvalue weighted by Gasteiger charge is 2.24. The molecule has 2 atom stereocenters. The highest BCUT2D eigenvalue weighted by molar-refractivity contribution is 5.88. The number of pyridine rings is 1. The number of hydrogen-bond donors (Lipinski definition) is 2. The first kappa shape index (κ1) is 14.6. The summed E-state index contributed by atoms with van der Waals surface area (Å²) >= 11 is 0. The smallest absolute Gasteiger partial charge is 0.356 e. The third-order valence-corrected chi connectivity index (χ3v) is 4.08. The monoisotopic (exact) mass is 277 g/mol. The molecular formula is C15H23N3O2. The maximum absolute atomic E-state index is 11.5. The van der Waals surface area contributed by atoms with E-state index in [1.807, 2.05) is 0 Å². The van der Waals surface area contributed by atoms with E-state index in [0.29, 0.717) is 23.5 Å². The van der Waals surface area contributed by atoms with E-state index in [1.165, 1.54) is 26.4 Å². The average Bonchev–Trinajstić information content (AvgIpc) is 2.49. The Labute approximate surface area is 119 Å². The molecule has 0 amide bonds. The van der Waals surface area contributed by atoms with Crippen LogP contribution in [0.4, 0.5) is 11.5 Å². The topological polar surface area (TPSA) is 77.2 Å². The molecule has 5 heteroatoms. The number of methoxy groups -OCH3 is 1. The number of nitrogens with one attached hydrogen (secondary N) is 1. The van der Waals surface area contributed by atoms with Gasteiger partial charge in [-0.1, -0.05) is 26.2 Å². The van der Waals surface area contributed by atoms with Crippen molar-refractivity contribution in [3.8, 4) is 0 Å². The molecule has 110 valence electrons. The van der Waals surface area contributed by atoms with Gasteiger partial charge in [0.05, 0.1) is 12.8 Å². The highest BCUT2D eigenvalue weighted by atomic mass is 16.5. The van der Waals surface area contributed by atoms with Gasteiger partial charge in [0.1, 0.15) is 5.82 Å². The normalized spacial score (nSPS) is 22.3. The molecule has 1 fully saturated rings. The Morgan fingerprint density at radius 2 is 2.20 bits per heavy atom. The number of rotatable bonds is 4. The first-order valence-electron chi connectivity index (χ1n) is 7.27. The summed E-state index contributed by atoms with van der Waals surface area (Å²) in [6, 6.07) is 3.67. The molecular weight excluding hydrogens is 254 g/mol. The molecule has 0 saturated heterocycles. The number of ether oxygens (including phenoxy) is 1. The van der Waals surface area contributed by atoms with Gasteiger partial charge in [-0.2, -0.15) is 0 Å². The number of aromatic nitrogens is 1. The minimum atomic E-state index is -0.441. The lowest BCUT2D eigenvalue weighted by Gasteiger charge is -2.32. The third-order valence-electron chi connectivity index (χ3n) is 4.08. The fourth-order valence-electron chi connectivity index (χ4n) is 2.87. The zero-order valence-corrected chi connectivity index (χ0v) is 12.2. The second kappa shape index (κ2) is 6.59. The Balaban J connectivity index is 2.17. The number of anilines is 2. The van der Waals surface area contributed by atoms with Gasteiger partial charge >= 0.3 is 5.97 Å². The van der Waals surface area contributed by atoms with Crippen molar-refractivity contribution in [1.29, 1.82) is 0 Å². The van der Waals surface area contributed by atoms with Gasteiger partial charge in [0.25, 0.3) is 0 Å². The molecule has 2 rings (SSSR count). The Hall–Kier alpha value is -1.78. The van der Waals surface area contributed by atoms with Gasteiger partial charge in [0, 0.05) is 6.04 Å². The molecule has 0 radical (unpaired) electrons. The number of hydrogen-bond acceptors (Lipinski definition) is 5. The largest absolute Gasteiger partial charge is 0.464 e. The summed E-state index contributed by atoms with van der Waals surface area (Å²) in [5.41, 5.74) is 6.81. The Morgan fingerprint density at radius 1 is 1.45 bits per heavy atom. The Bertz CT molecular complexity index is 476. The van der Waals surface area contributed by atoms with Crippen LogP contribution in [0.3, 0.4) is 0 Å². The molecule has 0 aliphatic heterocycles. The van der Waals surface area contributed by atoms with E-state index in [-0.39, 0.29) is 5.69 Å². The summed E-state index contributed by atoms with van der Waals surface area (Å²) < 4.78 is 4.69. The Kier molecular flexibility index (Phi) is 4.82. The number of carbonyl (C=O) groups is 1. The summed E-state index contributed by atoms with van der Waals surface area (Å²) in [7, 11) is 1.35. The van der Waals surface area contributed by atoms with Crippen LogP contribution in [0.15, 0.2) is 12.1 Å². The zero-order valence-electron chi connectivity index (χ0n) is 12.2.